The number of benzene rings is 1. The van der Waals surface area contributed by atoms with Gasteiger partial charge in [-0.3, -0.25) is 4.79 Å². The number of aromatic nitrogens is 2. The van der Waals surface area contributed by atoms with Crippen molar-refractivity contribution in [2.75, 3.05) is 31.5 Å². The molecule has 1 aromatic heterocycles. The fourth-order valence-electron chi connectivity index (χ4n) is 4.85. The standard InChI is InChI=1S/C27H35N5O3/c1-27(2,3)35-26(34)32-12-4-5-22(32)17-29-25-28-16-21-9-8-20(15-23(21)30-25)18-10-13-31(14-11-18)24(33)19-6-7-19/h8-10,15-16,19,22H,4-7,11-14,17H2,1-3H3,(H,28,29,30)/t22-/m0/s1. The van der Waals surface area contributed by atoms with Gasteiger partial charge in [-0.1, -0.05) is 18.2 Å². The topological polar surface area (TPSA) is 87.7 Å². The quantitative estimate of drug-likeness (QED) is 0.684. The van der Waals surface area contributed by atoms with E-state index in [2.05, 4.69) is 34.6 Å². The number of nitrogens with zero attached hydrogens (tertiary/aromatic N) is 4. The first kappa shape index (κ1) is 23.6. The van der Waals surface area contributed by atoms with Gasteiger partial charge < -0.3 is 19.9 Å². The normalized spacial score (nSPS) is 20.7. The molecule has 35 heavy (non-hydrogen) atoms. The first-order valence-corrected chi connectivity index (χ1v) is 12.8. The van der Waals surface area contributed by atoms with Gasteiger partial charge in [0.05, 0.1) is 11.6 Å². The van der Waals surface area contributed by atoms with E-state index in [4.69, 9.17) is 9.72 Å². The summed E-state index contributed by atoms with van der Waals surface area (Å²) in [5.74, 6) is 1.15. The number of nitrogens with one attached hydrogen (secondary N) is 1. The highest BCUT2D eigenvalue weighted by molar-refractivity contribution is 5.85. The molecule has 3 heterocycles. The Morgan fingerprint density at radius 3 is 2.71 bits per heavy atom. The minimum atomic E-state index is -0.504. The Morgan fingerprint density at radius 1 is 1.17 bits per heavy atom. The number of hydrogen-bond acceptors (Lipinski definition) is 6. The maximum Gasteiger partial charge on any atom is 0.410 e. The van der Waals surface area contributed by atoms with Gasteiger partial charge in [0.2, 0.25) is 11.9 Å². The van der Waals surface area contributed by atoms with Gasteiger partial charge in [-0.15, -0.1) is 0 Å². The van der Waals surface area contributed by atoms with Crippen LogP contribution in [0.3, 0.4) is 0 Å². The molecule has 0 bridgehead atoms. The largest absolute Gasteiger partial charge is 0.444 e. The van der Waals surface area contributed by atoms with Gasteiger partial charge >= 0.3 is 6.09 Å². The molecule has 8 nitrogen and oxygen atoms in total. The van der Waals surface area contributed by atoms with E-state index in [1.807, 2.05) is 36.8 Å². The highest BCUT2D eigenvalue weighted by atomic mass is 16.6. The molecule has 2 fully saturated rings. The number of amides is 2. The van der Waals surface area contributed by atoms with Crippen LogP contribution in [0.2, 0.25) is 0 Å². The Hall–Kier alpha value is -3.16. The van der Waals surface area contributed by atoms with Crippen LogP contribution < -0.4 is 5.32 Å². The number of carbonyl (C=O) groups is 2. The van der Waals surface area contributed by atoms with Gasteiger partial charge in [0.25, 0.3) is 0 Å². The van der Waals surface area contributed by atoms with E-state index in [0.29, 0.717) is 31.5 Å². The number of rotatable bonds is 5. The summed E-state index contributed by atoms with van der Waals surface area (Å²) in [4.78, 5) is 37.9. The summed E-state index contributed by atoms with van der Waals surface area (Å²) in [5, 5.41) is 4.31. The van der Waals surface area contributed by atoms with Gasteiger partial charge in [-0.2, -0.15) is 0 Å². The zero-order valence-corrected chi connectivity index (χ0v) is 20.9. The fourth-order valence-corrected chi connectivity index (χ4v) is 4.85. The van der Waals surface area contributed by atoms with Gasteiger partial charge in [-0.25, -0.2) is 14.8 Å². The maximum absolute atomic E-state index is 12.6. The van der Waals surface area contributed by atoms with E-state index >= 15 is 0 Å². The van der Waals surface area contributed by atoms with Crippen molar-refractivity contribution in [3.63, 3.8) is 0 Å². The van der Waals surface area contributed by atoms with E-state index < -0.39 is 5.60 Å². The van der Waals surface area contributed by atoms with Crippen LogP contribution in [-0.2, 0) is 9.53 Å². The monoisotopic (exact) mass is 477 g/mol. The van der Waals surface area contributed by atoms with Crippen LogP contribution in [0.15, 0.2) is 30.5 Å². The Kier molecular flexibility index (Phi) is 6.38. The predicted octanol–water partition coefficient (Wildman–Crippen LogP) is 4.47. The van der Waals surface area contributed by atoms with Crippen LogP contribution in [0.1, 0.15) is 58.4 Å². The maximum atomic E-state index is 12.6. The van der Waals surface area contributed by atoms with E-state index in [-0.39, 0.29) is 18.1 Å². The molecular weight excluding hydrogens is 442 g/mol. The second-order valence-corrected chi connectivity index (χ2v) is 10.9. The summed E-state index contributed by atoms with van der Waals surface area (Å²) >= 11 is 0. The molecule has 0 unspecified atom stereocenters. The third-order valence-corrected chi connectivity index (χ3v) is 6.90. The molecule has 1 saturated carbocycles. The summed E-state index contributed by atoms with van der Waals surface area (Å²) in [6, 6.07) is 6.33. The molecule has 0 spiro atoms. The number of anilines is 1. The van der Waals surface area contributed by atoms with Crippen LogP contribution in [0.4, 0.5) is 10.7 Å². The van der Waals surface area contributed by atoms with Crippen LogP contribution in [0, 0.1) is 5.92 Å². The molecule has 1 N–H and O–H groups in total. The van der Waals surface area contributed by atoms with E-state index in [9.17, 15) is 9.59 Å². The number of fused-ring (bicyclic) bond motifs is 1. The molecule has 1 aromatic carbocycles. The summed E-state index contributed by atoms with van der Waals surface area (Å²) in [6.45, 7) is 8.43. The zero-order chi connectivity index (χ0) is 24.6. The SMILES string of the molecule is CC(C)(C)OC(=O)N1CCC[C@H]1CNc1ncc2ccc(C3=CCN(C(=O)C4CC4)CC3)cc2n1. The Labute approximate surface area is 206 Å². The Balaban J connectivity index is 1.24. The molecule has 1 saturated heterocycles. The lowest BCUT2D eigenvalue weighted by atomic mass is 9.98. The molecular formula is C27H35N5O3. The van der Waals surface area contributed by atoms with Crippen molar-refractivity contribution in [1.82, 2.24) is 19.8 Å². The molecule has 2 aromatic rings. The number of carbonyl (C=O) groups excluding carboxylic acids is 2. The van der Waals surface area contributed by atoms with Crippen molar-refractivity contribution in [1.29, 1.82) is 0 Å². The summed E-state index contributed by atoms with van der Waals surface area (Å²) in [7, 11) is 0. The van der Waals surface area contributed by atoms with Gasteiger partial charge in [0, 0.05) is 43.7 Å². The summed E-state index contributed by atoms with van der Waals surface area (Å²) < 4.78 is 5.57. The van der Waals surface area contributed by atoms with E-state index in [1.54, 1.807) is 0 Å². The molecule has 8 heteroatoms. The highest BCUT2D eigenvalue weighted by Gasteiger charge is 2.34. The number of likely N-dealkylation sites (tertiary alicyclic amines) is 1. The Morgan fingerprint density at radius 2 is 2.00 bits per heavy atom. The van der Waals surface area contributed by atoms with Gasteiger partial charge in [-0.05, 0) is 70.1 Å². The second-order valence-electron chi connectivity index (χ2n) is 10.9. The summed E-state index contributed by atoms with van der Waals surface area (Å²) in [6.07, 6.45) is 8.60. The van der Waals surface area contributed by atoms with Crippen LogP contribution in [-0.4, -0.2) is 69.6 Å². The Bertz CT molecular complexity index is 1150. The lowest BCUT2D eigenvalue weighted by Gasteiger charge is -2.28. The molecule has 186 valence electrons. The summed E-state index contributed by atoms with van der Waals surface area (Å²) in [5.41, 5.74) is 2.79. The van der Waals surface area contributed by atoms with Crippen molar-refractivity contribution >= 4 is 34.4 Å². The molecule has 1 atom stereocenters. The predicted molar refractivity (Wildman–Crippen MR) is 136 cm³/mol. The van der Waals surface area contributed by atoms with Crippen LogP contribution in [0.25, 0.3) is 16.5 Å². The second kappa shape index (κ2) is 9.47. The first-order valence-electron chi connectivity index (χ1n) is 12.8. The van der Waals surface area contributed by atoms with E-state index in [0.717, 1.165) is 55.1 Å². The van der Waals surface area contributed by atoms with Crippen LogP contribution >= 0.6 is 0 Å². The molecule has 5 rings (SSSR count). The molecule has 2 aliphatic heterocycles. The fraction of sp³-hybridized carbons (Fsp3) is 0.556. The third kappa shape index (κ3) is 5.57. The van der Waals surface area contributed by atoms with Crippen LogP contribution in [0.5, 0.6) is 0 Å². The highest BCUT2D eigenvalue weighted by Crippen LogP contribution is 2.33. The molecule has 2 amide bonds. The molecule has 0 radical (unpaired) electrons. The van der Waals surface area contributed by atoms with Crippen molar-refractivity contribution < 1.29 is 14.3 Å². The molecule has 1 aliphatic carbocycles. The van der Waals surface area contributed by atoms with Crippen molar-refractivity contribution in [2.45, 2.75) is 64.5 Å². The minimum Gasteiger partial charge on any atom is -0.444 e. The van der Waals surface area contributed by atoms with Gasteiger partial charge in [0.15, 0.2) is 0 Å². The van der Waals surface area contributed by atoms with E-state index in [1.165, 1.54) is 5.57 Å². The lowest BCUT2D eigenvalue weighted by molar-refractivity contribution is -0.132. The van der Waals surface area contributed by atoms with Crippen molar-refractivity contribution in [3.05, 3.63) is 36.0 Å². The van der Waals surface area contributed by atoms with Crippen molar-refractivity contribution in [2.24, 2.45) is 5.92 Å². The van der Waals surface area contributed by atoms with Gasteiger partial charge in [0.1, 0.15) is 5.60 Å². The average molecular weight is 478 g/mol. The lowest BCUT2D eigenvalue weighted by Crippen LogP contribution is -2.42. The average Bonchev–Trinajstić information content (AvgIpc) is 3.58. The number of ether oxygens (including phenoxy) is 1. The van der Waals surface area contributed by atoms with Crippen molar-refractivity contribution in [3.8, 4) is 0 Å². The molecule has 3 aliphatic rings. The first-order chi connectivity index (χ1) is 16.8. The zero-order valence-electron chi connectivity index (χ0n) is 20.9. The minimum absolute atomic E-state index is 0.0594. The third-order valence-electron chi connectivity index (χ3n) is 6.90. The number of hydrogen-bond donors (Lipinski definition) is 1. The smallest absolute Gasteiger partial charge is 0.410 e.